The smallest absolute Gasteiger partial charge is 0.245 e. The Kier molecular flexibility index (Phi) is 11.6. The van der Waals surface area contributed by atoms with Crippen LogP contribution >= 0.6 is 0 Å². The van der Waals surface area contributed by atoms with Gasteiger partial charge in [0.15, 0.2) is 0 Å². The van der Waals surface area contributed by atoms with Gasteiger partial charge in [-0.1, -0.05) is 172 Å². The molecule has 2 aromatic heterocycles. The van der Waals surface area contributed by atoms with Crippen LogP contribution in [-0.4, -0.2) is 23.7 Å². The monoisotopic (exact) mass is 981 g/mol. The standard InChI is InChI=1S/C68H69BN2.C2H6.CH3B/c1-34(2)55-27-43-21-35(3)18-38(6)63(43)70(55)56-25-41-24-42-26-57(71-64-39(7)19-36(4)22-51(64)52-23-37(5)20-40(8)65(52)71)54-33-45(67(12,13)14)29-48-50-31-46(68(15,16)17)30-49-47-28-44(66(9,10)11)32-53(56)58(47)60(41)69(62(49)50)61(42)59(48)54;2*1-2/h18-23,25-34H,24H2,1-17H3;1-2H3;1H3. The number of hydrogen-bond donors (Lipinski definition) is 0. The number of aromatic nitrogens is 2. The van der Waals surface area contributed by atoms with Gasteiger partial charge in [-0.2, -0.15) is 0 Å². The predicted octanol–water partition coefficient (Wildman–Crippen LogP) is 17.5. The summed E-state index contributed by atoms with van der Waals surface area (Å²) in [6, 6.07) is 38.0. The minimum atomic E-state index is -0.0742. The Hall–Kier alpha value is -6.25. The fraction of sp³-hybridized carbons (Fsp3) is 0.352. The van der Waals surface area contributed by atoms with E-state index in [-0.39, 0.29) is 23.0 Å². The normalized spacial score (nSPS) is 13.4. The maximum atomic E-state index is 4.50. The lowest BCUT2D eigenvalue weighted by molar-refractivity contribution is 0.589. The molecule has 0 spiro atoms. The van der Waals surface area contributed by atoms with Crippen LogP contribution in [0.2, 0.25) is 6.82 Å². The largest absolute Gasteiger partial charge is 0.312 e. The van der Waals surface area contributed by atoms with E-state index >= 15 is 0 Å². The summed E-state index contributed by atoms with van der Waals surface area (Å²) < 4.78 is 5.39. The number of hydrogen-bond acceptors (Lipinski definition) is 0. The van der Waals surface area contributed by atoms with Gasteiger partial charge in [0.1, 0.15) is 0 Å². The topological polar surface area (TPSA) is 9.86 Å². The average Bonchev–Trinajstić information content (AvgIpc) is 3.89. The summed E-state index contributed by atoms with van der Waals surface area (Å²) in [5.74, 6) is 0.332. The van der Waals surface area contributed by atoms with Crippen LogP contribution in [0.4, 0.5) is 0 Å². The van der Waals surface area contributed by atoms with Crippen LogP contribution in [0.1, 0.15) is 163 Å². The molecule has 0 saturated heterocycles. The van der Waals surface area contributed by atoms with Gasteiger partial charge in [-0.05, 0) is 196 Å². The van der Waals surface area contributed by atoms with Crippen molar-refractivity contribution in [2.75, 3.05) is 0 Å². The Morgan fingerprint density at radius 3 is 1.24 bits per heavy atom. The molecule has 5 heterocycles. The van der Waals surface area contributed by atoms with Gasteiger partial charge >= 0.3 is 0 Å². The molecule has 3 aliphatic heterocycles. The highest BCUT2D eigenvalue weighted by molar-refractivity contribution is 7.02. The molecule has 378 valence electrons. The Morgan fingerprint density at radius 2 is 0.813 bits per heavy atom. The Labute approximate surface area is 450 Å². The quantitative estimate of drug-likeness (QED) is 0.156. The van der Waals surface area contributed by atoms with Crippen molar-refractivity contribution >= 4 is 85.2 Å². The lowest BCUT2D eigenvalue weighted by Gasteiger charge is -2.42. The molecule has 75 heavy (non-hydrogen) atoms. The van der Waals surface area contributed by atoms with Crippen molar-refractivity contribution in [3.63, 3.8) is 0 Å². The van der Waals surface area contributed by atoms with Gasteiger partial charge in [-0.3, -0.25) is 0 Å². The number of rotatable bonds is 3. The molecule has 0 atom stereocenters. The molecule has 8 aromatic carbocycles. The molecule has 4 heteroatoms. The zero-order valence-corrected chi connectivity index (χ0v) is 49.0. The minimum absolute atomic E-state index is 0.0621. The molecule has 0 saturated carbocycles. The summed E-state index contributed by atoms with van der Waals surface area (Å²) in [6.07, 6.45) is 0.875. The summed E-state index contributed by atoms with van der Waals surface area (Å²) in [6.45, 7) is 45.8. The Bertz CT molecular complexity index is 4040. The maximum absolute atomic E-state index is 4.50. The van der Waals surface area contributed by atoms with Crippen molar-refractivity contribution in [2.45, 2.75) is 167 Å². The molecule has 2 radical (unpaired) electrons. The SMILES string of the molecule is CC.Cc1cc(C)c2c(c1)cc(C(C)C)n2-c1cc2c3c4c(cc(C(C)(C)C)cc14)-c1cc(C(C)(C)C)cc4c1B3c1c(cc(-n3c5c(C)cc(C)cc5c5cc(C)cc(C)c53)c3cc(C(C)(C)C)cc-4c13)C2.[B]C. The summed E-state index contributed by atoms with van der Waals surface area (Å²) in [7, 11) is 4.50. The Morgan fingerprint density at radius 1 is 0.427 bits per heavy atom. The Balaban J connectivity index is 0.00000147. The van der Waals surface area contributed by atoms with E-state index in [1.54, 1.807) is 0 Å². The van der Waals surface area contributed by atoms with Crippen molar-refractivity contribution in [3.8, 4) is 33.6 Å². The van der Waals surface area contributed by atoms with Crippen LogP contribution in [0, 0.1) is 41.5 Å². The number of fused-ring (bicyclic) bond motifs is 6. The van der Waals surface area contributed by atoms with Crippen LogP contribution in [-0.2, 0) is 22.7 Å². The first-order valence-corrected chi connectivity index (χ1v) is 28.1. The zero-order valence-electron chi connectivity index (χ0n) is 49.0. The van der Waals surface area contributed by atoms with Crippen LogP contribution < -0.4 is 16.4 Å². The number of nitrogens with zero attached hydrogens (tertiary/aromatic N) is 2. The van der Waals surface area contributed by atoms with Crippen molar-refractivity contribution in [1.29, 1.82) is 0 Å². The second kappa shape index (κ2) is 17.1. The van der Waals surface area contributed by atoms with Crippen molar-refractivity contribution < 1.29 is 0 Å². The summed E-state index contributed by atoms with van der Waals surface area (Å²) in [5.41, 5.74) is 33.0. The molecule has 0 unspecified atom stereocenters. The molecule has 0 fully saturated rings. The van der Waals surface area contributed by atoms with E-state index in [9.17, 15) is 0 Å². The highest BCUT2D eigenvalue weighted by atomic mass is 15.0. The summed E-state index contributed by atoms with van der Waals surface area (Å²) in [4.78, 5) is 0. The van der Waals surface area contributed by atoms with E-state index in [0.29, 0.717) is 5.92 Å². The van der Waals surface area contributed by atoms with Crippen LogP contribution in [0.15, 0.2) is 91.0 Å². The second-order valence-corrected chi connectivity index (χ2v) is 26.0. The van der Waals surface area contributed by atoms with E-state index in [0.717, 1.165) is 6.42 Å². The second-order valence-electron chi connectivity index (χ2n) is 26.0. The van der Waals surface area contributed by atoms with E-state index in [4.69, 9.17) is 0 Å². The lowest BCUT2D eigenvalue weighted by atomic mass is 9.28. The number of benzene rings is 8. The highest BCUT2D eigenvalue weighted by Crippen LogP contribution is 2.50. The lowest BCUT2D eigenvalue weighted by Crippen LogP contribution is -2.61. The molecule has 0 aliphatic carbocycles. The van der Waals surface area contributed by atoms with Gasteiger partial charge in [0.05, 0.1) is 35.8 Å². The van der Waals surface area contributed by atoms with Gasteiger partial charge in [0.25, 0.3) is 0 Å². The summed E-state index contributed by atoms with van der Waals surface area (Å²) in [5, 5.41) is 9.69. The van der Waals surface area contributed by atoms with E-state index in [2.05, 4.69) is 226 Å². The summed E-state index contributed by atoms with van der Waals surface area (Å²) >= 11 is 0. The van der Waals surface area contributed by atoms with Crippen molar-refractivity contribution in [1.82, 2.24) is 9.13 Å². The fourth-order valence-electron chi connectivity index (χ4n) is 14.0. The average molecular weight is 981 g/mol. The van der Waals surface area contributed by atoms with Crippen LogP contribution in [0.25, 0.3) is 87.9 Å². The van der Waals surface area contributed by atoms with Crippen molar-refractivity contribution in [3.05, 3.63) is 158 Å². The molecule has 10 aromatic rings. The minimum Gasteiger partial charge on any atom is -0.312 e. The van der Waals surface area contributed by atoms with Gasteiger partial charge in [0.2, 0.25) is 6.71 Å². The first-order valence-electron chi connectivity index (χ1n) is 28.1. The maximum Gasteiger partial charge on any atom is 0.245 e. The molecular formula is C71H78B2N2. The molecule has 3 aliphatic rings. The third kappa shape index (κ3) is 7.34. The third-order valence-corrected chi connectivity index (χ3v) is 17.2. The van der Waals surface area contributed by atoms with Gasteiger partial charge < -0.3 is 9.13 Å². The first-order chi connectivity index (χ1) is 35.4. The third-order valence-electron chi connectivity index (χ3n) is 17.2. The highest BCUT2D eigenvalue weighted by Gasteiger charge is 2.46. The molecule has 0 amide bonds. The van der Waals surface area contributed by atoms with Crippen molar-refractivity contribution in [2.24, 2.45) is 0 Å². The van der Waals surface area contributed by atoms with Crippen LogP contribution in [0.3, 0.4) is 0 Å². The van der Waals surface area contributed by atoms with E-state index in [1.165, 1.54) is 178 Å². The van der Waals surface area contributed by atoms with Crippen LogP contribution in [0.5, 0.6) is 0 Å². The molecule has 0 bridgehead atoms. The zero-order chi connectivity index (χ0) is 54.0. The molecule has 13 rings (SSSR count). The number of aryl methyl sites for hydroxylation is 6. The molecule has 2 nitrogen and oxygen atoms in total. The van der Waals surface area contributed by atoms with Gasteiger partial charge in [0, 0.05) is 32.6 Å². The fourth-order valence-corrected chi connectivity index (χ4v) is 14.0. The van der Waals surface area contributed by atoms with E-state index in [1.807, 2.05) is 13.8 Å². The first kappa shape index (κ1) is 50.9. The molecule has 0 N–H and O–H groups in total. The predicted molar refractivity (Wildman–Crippen MR) is 333 cm³/mol. The van der Waals surface area contributed by atoms with E-state index < -0.39 is 0 Å². The van der Waals surface area contributed by atoms with Gasteiger partial charge in [-0.15, -0.1) is 0 Å². The van der Waals surface area contributed by atoms with Gasteiger partial charge in [-0.25, -0.2) is 0 Å². The molecular weight excluding hydrogens is 902 g/mol.